The van der Waals surface area contributed by atoms with E-state index in [0.29, 0.717) is 0 Å². The lowest BCUT2D eigenvalue weighted by Gasteiger charge is -2.20. The predicted octanol–water partition coefficient (Wildman–Crippen LogP) is 4.12. The fourth-order valence-corrected chi connectivity index (χ4v) is 3.74. The number of hydrogen-bond acceptors (Lipinski definition) is 4. The highest BCUT2D eigenvalue weighted by Crippen LogP contribution is 2.27. The van der Waals surface area contributed by atoms with Crippen molar-refractivity contribution in [1.29, 1.82) is 0 Å². The molecule has 3 nitrogen and oxygen atoms in total. The Bertz CT molecular complexity index is 549. The van der Waals surface area contributed by atoms with Crippen molar-refractivity contribution in [2.45, 2.75) is 19.4 Å². The van der Waals surface area contributed by atoms with Gasteiger partial charge in [-0.2, -0.15) is 0 Å². The normalized spacial score (nSPS) is 14.9. The third-order valence-corrected chi connectivity index (χ3v) is 4.96. The van der Waals surface area contributed by atoms with Crippen molar-refractivity contribution in [1.82, 2.24) is 4.98 Å². The molecule has 0 unspecified atom stereocenters. The van der Waals surface area contributed by atoms with Gasteiger partial charge in [0.05, 0.1) is 5.69 Å². The van der Waals surface area contributed by atoms with Crippen molar-refractivity contribution < 1.29 is 0 Å². The Balaban J connectivity index is 1.73. The van der Waals surface area contributed by atoms with Crippen LogP contribution in [-0.4, -0.2) is 18.1 Å². The van der Waals surface area contributed by atoms with Crippen LogP contribution in [0, 0.1) is 0 Å². The van der Waals surface area contributed by atoms with Crippen LogP contribution in [0.4, 0.5) is 11.5 Å². The minimum absolute atomic E-state index is 0.850. The number of aromatic nitrogens is 1. The molecule has 1 saturated heterocycles. The number of rotatable bonds is 4. The fourth-order valence-electron chi connectivity index (χ4n) is 2.34. The van der Waals surface area contributed by atoms with Gasteiger partial charge in [-0.25, -0.2) is 4.98 Å². The first-order chi connectivity index (χ1) is 9.33. The van der Waals surface area contributed by atoms with Gasteiger partial charge in [-0.1, -0.05) is 0 Å². The number of hydrogen-bond donors (Lipinski definition) is 1. The summed E-state index contributed by atoms with van der Waals surface area (Å²) in [6, 6.07) is 6.26. The third kappa shape index (κ3) is 3.09. The molecular weight excluding hydrogens is 322 g/mol. The molecule has 19 heavy (non-hydrogen) atoms. The Hall–Kier alpha value is -1.07. The fraction of sp³-hybridized carbons (Fsp3) is 0.357. The van der Waals surface area contributed by atoms with Crippen molar-refractivity contribution in [2.75, 3.05) is 23.3 Å². The highest BCUT2D eigenvalue weighted by atomic mass is 79.9. The van der Waals surface area contributed by atoms with Gasteiger partial charge in [-0.05, 0) is 47.0 Å². The summed E-state index contributed by atoms with van der Waals surface area (Å²) in [5.41, 5.74) is 1.13. The number of anilines is 2. The summed E-state index contributed by atoms with van der Waals surface area (Å²) in [4.78, 5) is 8.23. The second-order valence-electron chi connectivity index (χ2n) is 4.65. The lowest BCUT2D eigenvalue weighted by atomic mass is 10.3. The molecule has 0 saturated carbocycles. The molecule has 5 heteroatoms. The van der Waals surface area contributed by atoms with Crippen molar-refractivity contribution in [2.24, 2.45) is 0 Å². The molecule has 3 heterocycles. The minimum Gasteiger partial charge on any atom is -0.377 e. The van der Waals surface area contributed by atoms with Crippen LogP contribution in [0.25, 0.3) is 0 Å². The summed E-state index contributed by atoms with van der Waals surface area (Å²) in [6.07, 6.45) is 4.42. The van der Waals surface area contributed by atoms with Gasteiger partial charge >= 0.3 is 0 Å². The van der Waals surface area contributed by atoms with Gasteiger partial charge in [0.25, 0.3) is 0 Å². The van der Waals surface area contributed by atoms with Crippen LogP contribution in [0.5, 0.6) is 0 Å². The summed E-state index contributed by atoms with van der Waals surface area (Å²) in [5.74, 6) is 1.09. The van der Waals surface area contributed by atoms with Gasteiger partial charge in [-0.15, -0.1) is 11.3 Å². The SMILES string of the molecule is Brc1csc(CNc2cccnc2N2CCCC2)c1. The Kier molecular flexibility index (Phi) is 4.03. The zero-order valence-electron chi connectivity index (χ0n) is 10.6. The summed E-state index contributed by atoms with van der Waals surface area (Å²) in [5, 5.41) is 5.62. The van der Waals surface area contributed by atoms with E-state index in [-0.39, 0.29) is 0 Å². The molecule has 1 aliphatic rings. The van der Waals surface area contributed by atoms with Crippen molar-refractivity contribution >= 4 is 38.8 Å². The highest BCUT2D eigenvalue weighted by molar-refractivity contribution is 9.10. The van der Waals surface area contributed by atoms with Crippen LogP contribution in [0.1, 0.15) is 17.7 Å². The van der Waals surface area contributed by atoms with E-state index in [2.05, 4.69) is 48.6 Å². The maximum atomic E-state index is 4.54. The van der Waals surface area contributed by atoms with Crippen LogP contribution in [-0.2, 0) is 6.54 Å². The third-order valence-electron chi connectivity index (χ3n) is 3.27. The number of nitrogens with one attached hydrogen (secondary N) is 1. The van der Waals surface area contributed by atoms with Crippen LogP contribution in [0.15, 0.2) is 34.2 Å². The van der Waals surface area contributed by atoms with Crippen molar-refractivity contribution in [3.05, 3.63) is 39.1 Å². The van der Waals surface area contributed by atoms with E-state index in [1.807, 2.05) is 12.3 Å². The smallest absolute Gasteiger partial charge is 0.151 e. The van der Waals surface area contributed by atoms with E-state index in [0.717, 1.165) is 35.6 Å². The standard InChI is InChI=1S/C14H16BrN3S/c15-11-8-12(19-10-11)9-17-13-4-3-5-16-14(13)18-6-1-2-7-18/h3-5,8,10,17H,1-2,6-7,9H2. The first-order valence-corrected chi connectivity index (χ1v) is 8.17. The van der Waals surface area contributed by atoms with Crippen LogP contribution >= 0.6 is 27.3 Å². The Morgan fingerprint density at radius 3 is 2.95 bits per heavy atom. The average molecular weight is 338 g/mol. The second-order valence-corrected chi connectivity index (χ2v) is 6.56. The summed E-state index contributed by atoms with van der Waals surface area (Å²) >= 11 is 5.25. The van der Waals surface area contributed by atoms with Gasteiger partial charge in [0, 0.05) is 40.6 Å². The number of thiophene rings is 1. The van der Waals surface area contributed by atoms with Crippen LogP contribution in [0.2, 0.25) is 0 Å². The summed E-state index contributed by atoms with van der Waals surface area (Å²) < 4.78 is 1.15. The molecule has 3 rings (SSSR count). The minimum atomic E-state index is 0.850. The highest BCUT2D eigenvalue weighted by Gasteiger charge is 2.16. The topological polar surface area (TPSA) is 28.2 Å². The average Bonchev–Trinajstić information content (AvgIpc) is 3.08. The van der Waals surface area contributed by atoms with E-state index in [1.165, 1.54) is 17.7 Å². The summed E-state index contributed by atoms with van der Waals surface area (Å²) in [6.45, 7) is 3.09. The van der Waals surface area contributed by atoms with Gasteiger partial charge in [-0.3, -0.25) is 0 Å². The van der Waals surface area contributed by atoms with Crippen molar-refractivity contribution in [3.8, 4) is 0 Å². The molecule has 2 aromatic rings. The first-order valence-electron chi connectivity index (χ1n) is 6.50. The molecule has 0 aliphatic carbocycles. The van der Waals surface area contributed by atoms with E-state index in [4.69, 9.17) is 0 Å². The molecule has 0 spiro atoms. The van der Waals surface area contributed by atoms with Gasteiger partial charge in [0.2, 0.25) is 0 Å². The lowest BCUT2D eigenvalue weighted by molar-refractivity contribution is 0.935. The Morgan fingerprint density at radius 2 is 2.21 bits per heavy atom. The summed E-state index contributed by atoms with van der Waals surface area (Å²) in [7, 11) is 0. The Labute approximate surface area is 125 Å². The lowest BCUT2D eigenvalue weighted by Crippen LogP contribution is -2.20. The van der Waals surface area contributed by atoms with E-state index < -0.39 is 0 Å². The first kappa shape index (κ1) is 12.9. The van der Waals surface area contributed by atoms with Crippen LogP contribution in [0.3, 0.4) is 0 Å². The molecule has 0 atom stereocenters. The molecule has 0 radical (unpaired) electrons. The van der Waals surface area contributed by atoms with Crippen LogP contribution < -0.4 is 10.2 Å². The van der Waals surface area contributed by atoms with Gasteiger partial charge < -0.3 is 10.2 Å². The molecule has 100 valence electrons. The monoisotopic (exact) mass is 337 g/mol. The van der Waals surface area contributed by atoms with Gasteiger partial charge in [0.1, 0.15) is 0 Å². The van der Waals surface area contributed by atoms with Gasteiger partial charge in [0.15, 0.2) is 5.82 Å². The van der Waals surface area contributed by atoms with E-state index in [9.17, 15) is 0 Å². The molecule has 0 aromatic carbocycles. The quantitative estimate of drug-likeness (QED) is 0.909. The maximum Gasteiger partial charge on any atom is 0.151 e. The molecule has 2 aromatic heterocycles. The molecule has 1 fully saturated rings. The molecule has 0 amide bonds. The molecule has 1 aliphatic heterocycles. The molecule has 1 N–H and O–H groups in total. The van der Waals surface area contributed by atoms with E-state index in [1.54, 1.807) is 11.3 Å². The molecule has 0 bridgehead atoms. The second kappa shape index (κ2) is 5.92. The Morgan fingerprint density at radius 1 is 1.37 bits per heavy atom. The zero-order valence-corrected chi connectivity index (χ0v) is 13.0. The number of halogens is 1. The van der Waals surface area contributed by atoms with E-state index >= 15 is 0 Å². The number of pyridine rings is 1. The molecular formula is C14H16BrN3S. The zero-order chi connectivity index (χ0) is 13.1. The number of nitrogens with zero attached hydrogens (tertiary/aromatic N) is 2. The largest absolute Gasteiger partial charge is 0.377 e. The van der Waals surface area contributed by atoms with Crippen molar-refractivity contribution in [3.63, 3.8) is 0 Å². The predicted molar refractivity (Wildman–Crippen MR) is 85.0 cm³/mol. The maximum absolute atomic E-state index is 4.54.